The third kappa shape index (κ3) is 3.59. The lowest BCUT2D eigenvalue weighted by Gasteiger charge is -2.05. The average Bonchev–Trinajstić information content (AvgIpc) is 3.05. The van der Waals surface area contributed by atoms with Crippen molar-refractivity contribution in [2.24, 2.45) is 7.05 Å². The van der Waals surface area contributed by atoms with Gasteiger partial charge in [0.05, 0.1) is 10.6 Å². The van der Waals surface area contributed by atoms with Crippen LogP contribution in [0.1, 0.15) is 15.9 Å². The molecule has 0 saturated carbocycles. The number of aryl methyl sites for hydroxylation is 1. The summed E-state index contributed by atoms with van der Waals surface area (Å²) in [6, 6.07) is 13.1. The SMILES string of the molecule is Cn1c(-c2ccccc2Cl)nc2cc(C(=O)NCCc3cccnc3)cnc21. The highest BCUT2D eigenvalue weighted by Crippen LogP contribution is 2.28. The lowest BCUT2D eigenvalue weighted by molar-refractivity contribution is 0.0954. The fourth-order valence-corrected chi connectivity index (χ4v) is 3.27. The molecule has 3 aromatic heterocycles. The Hall–Kier alpha value is -3.25. The molecule has 3 heterocycles. The number of carbonyl (C=O) groups excluding carboxylic acids is 1. The molecule has 0 fully saturated rings. The molecule has 1 N–H and O–H groups in total. The Morgan fingerprint density at radius 2 is 2.04 bits per heavy atom. The first-order valence-corrected chi connectivity index (χ1v) is 9.26. The summed E-state index contributed by atoms with van der Waals surface area (Å²) in [5.41, 5.74) is 3.72. The fraction of sp³-hybridized carbons (Fsp3) is 0.143. The maximum atomic E-state index is 12.5. The predicted molar refractivity (Wildman–Crippen MR) is 109 cm³/mol. The van der Waals surface area contributed by atoms with Crippen molar-refractivity contribution in [1.82, 2.24) is 24.8 Å². The third-order valence-electron chi connectivity index (χ3n) is 4.51. The number of nitrogens with zero attached hydrogens (tertiary/aromatic N) is 4. The number of benzene rings is 1. The number of imidazole rings is 1. The molecular formula is C21H18ClN5O. The summed E-state index contributed by atoms with van der Waals surface area (Å²) >= 11 is 6.31. The van der Waals surface area contributed by atoms with Gasteiger partial charge in [0.1, 0.15) is 11.3 Å². The number of aromatic nitrogens is 4. The minimum atomic E-state index is -0.178. The second-order valence-electron chi connectivity index (χ2n) is 6.41. The summed E-state index contributed by atoms with van der Waals surface area (Å²) in [7, 11) is 1.88. The molecule has 0 bridgehead atoms. The molecule has 0 aliphatic carbocycles. The van der Waals surface area contributed by atoms with Crippen LogP contribution in [0.2, 0.25) is 5.02 Å². The Kier molecular flexibility index (Phi) is 5.04. The first kappa shape index (κ1) is 18.1. The van der Waals surface area contributed by atoms with Crippen LogP contribution < -0.4 is 5.32 Å². The lowest BCUT2D eigenvalue weighted by atomic mass is 10.2. The molecular weight excluding hydrogens is 374 g/mol. The van der Waals surface area contributed by atoms with Gasteiger partial charge in [-0.15, -0.1) is 0 Å². The average molecular weight is 392 g/mol. The van der Waals surface area contributed by atoms with Gasteiger partial charge < -0.3 is 9.88 Å². The van der Waals surface area contributed by atoms with E-state index >= 15 is 0 Å². The number of carbonyl (C=O) groups is 1. The molecule has 7 heteroatoms. The number of nitrogens with one attached hydrogen (secondary N) is 1. The molecule has 4 aromatic rings. The van der Waals surface area contributed by atoms with Crippen molar-refractivity contribution in [3.05, 3.63) is 77.2 Å². The summed E-state index contributed by atoms with van der Waals surface area (Å²) in [5.74, 6) is 0.533. The van der Waals surface area contributed by atoms with Crippen molar-refractivity contribution >= 4 is 28.7 Å². The van der Waals surface area contributed by atoms with Crippen molar-refractivity contribution < 1.29 is 4.79 Å². The predicted octanol–water partition coefficient (Wildman–Crippen LogP) is 3.66. The van der Waals surface area contributed by atoms with Crippen LogP contribution in [0.25, 0.3) is 22.6 Å². The van der Waals surface area contributed by atoms with Crippen molar-refractivity contribution in [1.29, 1.82) is 0 Å². The maximum absolute atomic E-state index is 12.5. The molecule has 0 aliphatic heterocycles. The maximum Gasteiger partial charge on any atom is 0.252 e. The van der Waals surface area contributed by atoms with Crippen molar-refractivity contribution in [3.63, 3.8) is 0 Å². The Morgan fingerprint density at radius 1 is 1.18 bits per heavy atom. The van der Waals surface area contributed by atoms with Gasteiger partial charge in [-0.25, -0.2) is 9.97 Å². The number of amides is 1. The Morgan fingerprint density at radius 3 is 2.82 bits per heavy atom. The molecule has 0 atom stereocenters. The Bertz CT molecular complexity index is 1140. The van der Waals surface area contributed by atoms with Crippen LogP contribution in [0.3, 0.4) is 0 Å². The number of fused-ring (bicyclic) bond motifs is 1. The van der Waals surface area contributed by atoms with E-state index in [4.69, 9.17) is 11.6 Å². The monoisotopic (exact) mass is 391 g/mol. The first-order valence-electron chi connectivity index (χ1n) is 8.88. The minimum absolute atomic E-state index is 0.178. The summed E-state index contributed by atoms with van der Waals surface area (Å²) in [6.45, 7) is 0.523. The smallest absolute Gasteiger partial charge is 0.252 e. The molecule has 1 amide bonds. The molecule has 0 saturated heterocycles. The van der Waals surface area contributed by atoms with E-state index < -0.39 is 0 Å². The highest BCUT2D eigenvalue weighted by atomic mass is 35.5. The molecule has 0 radical (unpaired) electrons. The number of hydrogen-bond acceptors (Lipinski definition) is 4. The van der Waals surface area contributed by atoms with Gasteiger partial charge in [-0.3, -0.25) is 9.78 Å². The van der Waals surface area contributed by atoms with Gasteiger partial charge in [0, 0.05) is 37.7 Å². The van der Waals surface area contributed by atoms with Crippen molar-refractivity contribution in [3.8, 4) is 11.4 Å². The van der Waals surface area contributed by atoms with Gasteiger partial charge in [0.2, 0.25) is 0 Å². The second kappa shape index (κ2) is 7.78. The van der Waals surface area contributed by atoms with Gasteiger partial charge in [-0.2, -0.15) is 0 Å². The molecule has 140 valence electrons. The van der Waals surface area contributed by atoms with Crippen molar-refractivity contribution in [2.75, 3.05) is 6.54 Å². The normalized spacial score (nSPS) is 10.9. The van der Waals surface area contributed by atoms with Gasteiger partial charge in [-0.1, -0.05) is 29.8 Å². The highest BCUT2D eigenvalue weighted by Gasteiger charge is 2.15. The van der Waals surface area contributed by atoms with E-state index in [-0.39, 0.29) is 5.91 Å². The zero-order chi connectivity index (χ0) is 19.5. The molecule has 1 aromatic carbocycles. The van der Waals surface area contributed by atoms with Crippen LogP contribution in [0.4, 0.5) is 0 Å². The molecule has 28 heavy (non-hydrogen) atoms. The number of halogens is 1. The summed E-state index contributed by atoms with van der Waals surface area (Å²) < 4.78 is 1.88. The Labute approximate surface area is 167 Å². The van der Waals surface area contributed by atoms with E-state index in [1.165, 1.54) is 0 Å². The molecule has 6 nitrogen and oxygen atoms in total. The summed E-state index contributed by atoms with van der Waals surface area (Å²) in [6.07, 6.45) is 5.81. The van der Waals surface area contributed by atoms with Crippen LogP contribution in [0.15, 0.2) is 61.1 Å². The van der Waals surface area contributed by atoms with Crippen molar-refractivity contribution in [2.45, 2.75) is 6.42 Å². The second-order valence-corrected chi connectivity index (χ2v) is 6.82. The standard InChI is InChI=1S/C21H18ClN5O/c1-27-19(16-6-2-3-7-17(16)22)26-18-11-15(13-25-20(18)27)21(28)24-10-8-14-5-4-9-23-12-14/h2-7,9,11-13H,8,10H2,1H3,(H,24,28). The van der Waals surface area contributed by atoms with E-state index in [1.807, 2.05) is 48.0 Å². The van der Waals surface area contributed by atoms with E-state index in [0.717, 1.165) is 17.5 Å². The van der Waals surface area contributed by atoms with E-state index in [9.17, 15) is 4.79 Å². The first-order chi connectivity index (χ1) is 13.6. The number of pyridine rings is 2. The van der Waals surface area contributed by atoms with E-state index in [1.54, 1.807) is 24.7 Å². The zero-order valence-corrected chi connectivity index (χ0v) is 16.0. The Balaban J connectivity index is 1.54. The van der Waals surface area contributed by atoms with Gasteiger partial charge in [0.25, 0.3) is 5.91 Å². The number of rotatable bonds is 5. The molecule has 4 rings (SSSR count). The van der Waals surface area contributed by atoms with Gasteiger partial charge in [-0.05, 0) is 36.2 Å². The van der Waals surface area contributed by atoms with Crippen LogP contribution in [-0.4, -0.2) is 32.0 Å². The zero-order valence-electron chi connectivity index (χ0n) is 15.3. The molecule has 0 aliphatic rings. The van der Waals surface area contributed by atoms with E-state index in [2.05, 4.69) is 20.3 Å². The van der Waals surface area contributed by atoms with Crippen LogP contribution >= 0.6 is 11.6 Å². The molecule has 0 unspecified atom stereocenters. The fourth-order valence-electron chi connectivity index (χ4n) is 3.05. The quantitative estimate of drug-likeness (QED) is 0.563. The number of hydrogen-bond donors (Lipinski definition) is 1. The minimum Gasteiger partial charge on any atom is -0.352 e. The summed E-state index contributed by atoms with van der Waals surface area (Å²) in [4.78, 5) is 25.6. The third-order valence-corrected chi connectivity index (χ3v) is 4.84. The summed E-state index contributed by atoms with van der Waals surface area (Å²) in [5, 5.41) is 3.53. The molecule has 0 spiro atoms. The van der Waals surface area contributed by atoms with E-state index in [0.29, 0.717) is 34.1 Å². The largest absolute Gasteiger partial charge is 0.352 e. The van der Waals surface area contributed by atoms with Crippen LogP contribution in [-0.2, 0) is 13.5 Å². The van der Waals surface area contributed by atoms with Gasteiger partial charge in [0.15, 0.2) is 5.65 Å². The lowest BCUT2D eigenvalue weighted by Crippen LogP contribution is -2.25. The van der Waals surface area contributed by atoms with Gasteiger partial charge >= 0.3 is 0 Å². The highest BCUT2D eigenvalue weighted by molar-refractivity contribution is 6.33. The topological polar surface area (TPSA) is 72.7 Å². The van der Waals surface area contributed by atoms with Crippen LogP contribution in [0, 0.1) is 0 Å². The van der Waals surface area contributed by atoms with Crippen LogP contribution in [0.5, 0.6) is 0 Å².